The van der Waals surface area contributed by atoms with Crippen molar-refractivity contribution in [3.8, 4) is 0 Å². The van der Waals surface area contributed by atoms with E-state index in [9.17, 15) is 9.90 Å². The third-order valence-electron chi connectivity index (χ3n) is 3.28. The number of amides is 2. The number of benzene rings is 2. The molecule has 0 saturated heterocycles. The molecule has 3 N–H and O–H groups in total. The Morgan fingerprint density at radius 2 is 1.67 bits per heavy atom. The minimum Gasteiger partial charge on any atom is -0.386 e. The molecule has 0 aromatic heterocycles. The van der Waals surface area contributed by atoms with Gasteiger partial charge in [-0.1, -0.05) is 48.0 Å². The second-order valence-corrected chi connectivity index (χ2v) is 5.11. The van der Waals surface area contributed by atoms with Crippen LogP contribution >= 0.6 is 0 Å². The molecule has 0 unspecified atom stereocenters. The van der Waals surface area contributed by atoms with Crippen molar-refractivity contribution in [1.29, 1.82) is 0 Å². The molecule has 0 bridgehead atoms. The number of aliphatic hydroxyl groups excluding tert-OH is 1. The molecule has 0 aliphatic rings. The molecule has 0 spiro atoms. The fraction of sp³-hybridized carbons (Fsp3) is 0.235. The molecule has 2 aromatic rings. The average molecular weight is 284 g/mol. The normalized spacial score (nSPS) is 13.3. The summed E-state index contributed by atoms with van der Waals surface area (Å²) in [6.45, 7) is 3.76. The lowest BCUT2D eigenvalue weighted by atomic mass is 10.0. The van der Waals surface area contributed by atoms with Gasteiger partial charge in [-0.3, -0.25) is 0 Å². The molecule has 0 radical (unpaired) electrons. The number of carbonyl (C=O) groups is 1. The van der Waals surface area contributed by atoms with E-state index in [1.165, 1.54) is 0 Å². The van der Waals surface area contributed by atoms with Gasteiger partial charge in [0, 0.05) is 5.69 Å². The highest BCUT2D eigenvalue weighted by Gasteiger charge is 2.18. The Morgan fingerprint density at radius 3 is 2.29 bits per heavy atom. The maximum atomic E-state index is 11.9. The van der Waals surface area contributed by atoms with E-state index in [2.05, 4.69) is 10.6 Å². The van der Waals surface area contributed by atoms with Gasteiger partial charge in [0.15, 0.2) is 0 Å². The van der Waals surface area contributed by atoms with E-state index in [-0.39, 0.29) is 6.03 Å². The van der Waals surface area contributed by atoms with Gasteiger partial charge in [-0.15, -0.1) is 0 Å². The molecule has 2 rings (SSSR count). The van der Waals surface area contributed by atoms with Crippen molar-refractivity contribution in [3.05, 3.63) is 65.7 Å². The van der Waals surface area contributed by atoms with Gasteiger partial charge in [0.1, 0.15) is 0 Å². The average Bonchev–Trinajstić information content (AvgIpc) is 2.49. The Labute approximate surface area is 124 Å². The van der Waals surface area contributed by atoms with E-state index in [0.717, 1.165) is 16.8 Å². The summed E-state index contributed by atoms with van der Waals surface area (Å²) in [4.78, 5) is 11.9. The maximum absolute atomic E-state index is 11.9. The fourth-order valence-electron chi connectivity index (χ4n) is 2.03. The molecule has 2 atom stereocenters. The standard InChI is InChI=1S/C17H20N2O2/c1-12-8-10-15(11-9-12)19-17(21)18-13(2)16(20)14-6-4-3-5-7-14/h3-11,13,16,20H,1-2H3,(H2,18,19,21)/t13-,16+/m0/s1. The first-order valence-corrected chi connectivity index (χ1v) is 6.93. The Bertz CT molecular complexity index is 581. The smallest absolute Gasteiger partial charge is 0.319 e. The summed E-state index contributed by atoms with van der Waals surface area (Å²) in [5, 5.41) is 15.7. The van der Waals surface area contributed by atoms with E-state index in [4.69, 9.17) is 0 Å². The largest absolute Gasteiger partial charge is 0.386 e. The molecule has 0 aliphatic carbocycles. The summed E-state index contributed by atoms with van der Waals surface area (Å²) >= 11 is 0. The predicted molar refractivity (Wildman–Crippen MR) is 84.2 cm³/mol. The number of carbonyl (C=O) groups excluding carboxylic acids is 1. The second kappa shape index (κ2) is 6.90. The second-order valence-electron chi connectivity index (χ2n) is 5.11. The van der Waals surface area contributed by atoms with Gasteiger partial charge in [-0.25, -0.2) is 4.79 Å². The van der Waals surface area contributed by atoms with Crippen molar-refractivity contribution in [2.75, 3.05) is 5.32 Å². The third-order valence-corrected chi connectivity index (χ3v) is 3.28. The van der Waals surface area contributed by atoms with Crippen LogP contribution in [0.15, 0.2) is 54.6 Å². The van der Waals surface area contributed by atoms with Gasteiger partial charge in [-0.05, 0) is 31.5 Å². The van der Waals surface area contributed by atoms with Crippen LogP contribution < -0.4 is 10.6 Å². The van der Waals surface area contributed by atoms with Crippen LogP contribution in [-0.2, 0) is 0 Å². The molecule has 4 heteroatoms. The number of nitrogens with one attached hydrogen (secondary N) is 2. The number of aliphatic hydroxyl groups is 1. The Morgan fingerprint density at radius 1 is 1.05 bits per heavy atom. The zero-order valence-electron chi connectivity index (χ0n) is 12.2. The molecule has 0 aliphatic heterocycles. The van der Waals surface area contributed by atoms with Crippen LogP contribution in [0.2, 0.25) is 0 Å². The quantitative estimate of drug-likeness (QED) is 0.807. The van der Waals surface area contributed by atoms with E-state index < -0.39 is 12.1 Å². The molecule has 110 valence electrons. The van der Waals surface area contributed by atoms with Crippen molar-refractivity contribution < 1.29 is 9.90 Å². The van der Waals surface area contributed by atoms with Gasteiger partial charge in [0.05, 0.1) is 12.1 Å². The van der Waals surface area contributed by atoms with Gasteiger partial charge in [0.2, 0.25) is 0 Å². The zero-order valence-corrected chi connectivity index (χ0v) is 12.2. The van der Waals surface area contributed by atoms with Crippen molar-refractivity contribution in [2.45, 2.75) is 26.0 Å². The summed E-state index contributed by atoms with van der Waals surface area (Å²) in [6.07, 6.45) is -0.741. The minimum absolute atomic E-state index is 0.332. The maximum Gasteiger partial charge on any atom is 0.319 e. The number of anilines is 1. The molecule has 4 nitrogen and oxygen atoms in total. The minimum atomic E-state index is -0.741. The lowest BCUT2D eigenvalue weighted by molar-refractivity contribution is 0.139. The lowest BCUT2D eigenvalue weighted by Crippen LogP contribution is -2.39. The van der Waals surface area contributed by atoms with Crippen LogP contribution in [0.3, 0.4) is 0 Å². The van der Waals surface area contributed by atoms with E-state index in [1.54, 1.807) is 6.92 Å². The number of hydrogen-bond donors (Lipinski definition) is 3. The summed E-state index contributed by atoms with van der Waals surface area (Å²) in [7, 11) is 0. The lowest BCUT2D eigenvalue weighted by Gasteiger charge is -2.20. The zero-order chi connectivity index (χ0) is 15.2. The molecule has 21 heavy (non-hydrogen) atoms. The Hall–Kier alpha value is -2.33. The van der Waals surface area contributed by atoms with Crippen molar-refractivity contribution in [1.82, 2.24) is 5.32 Å². The van der Waals surface area contributed by atoms with Crippen LogP contribution in [0.5, 0.6) is 0 Å². The first-order valence-electron chi connectivity index (χ1n) is 6.93. The number of urea groups is 1. The third kappa shape index (κ3) is 4.33. The summed E-state index contributed by atoms with van der Waals surface area (Å²) in [5.74, 6) is 0. The van der Waals surface area contributed by atoms with Crippen LogP contribution in [0, 0.1) is 6.92 Å². The highest BCUT2D eigenvalue weighted by Crippen LogP contribution is 2.16. The van der Waals surface area contributed by atoms with Gasteiger partial charge >= 0.3 is 6.03 Å². The monoisotopic (exact) mass is 284 g/mol. The highest BCUT2D eigenvalue weighted by molar-refractivity contribution is 5.89. The van der Waals surface area contributed by atoms with Crippen LogP contribution in [0.1, 0.15) is 24.2 Å². The molecule has 2 amide bonds. The topological polar surface area (TPSA) is 61.4 Å². The number of rotatable bonds is 4. The SMILES string of the molecule is Cc1ccc(NC(=O)N[C@@H](C)[C@@H](O)c2ccccc2)cc1. The summed E-state index contributed by atoms with van der Waals surface area (Å²) in [6, 6.07) is 16.1. The van der Waals surface area contributed by atoms with Crippen molar-refractivity contribution in [2.24, 2.45) is 0 Å². The van der Waals surface area contributed by atoms with E-state index in [1.807, 2.05) is 61.5 Å². The van der Waals surface area contributed by atoms with Crippen molar-refractivity contribution in [3.63, 3.8) is 0 Å². The van der Waals surface area contributed by atoms with Gasteiger partial charge < -0.3 is 15.7 Å². The Balaban J connectivity index is 1.91. The van der Waals surface area contributed by atoms with Crippen LogP contribution in [0.25, 0.3) is 0 Å². The Kier molecular flexibility index (Phi) is 4.95. The van der Waals surface area contributed by atoms with E-state index >= 15 is 0 Å². The molecular formula is C17H20N2O2. The van der Waals surface area contributed by atoms with Crippen molar-refractivity contribution >= 4 is 11.7 Å². The molecule has 0 heterocycles. The first kappa shape index (κ1) is 15.1. The van der Waals surface area contributed by atoms with Gasteiger partial charge in [-0.2, -0.15) is 0 Å². The molecular weight excluding hydrogens is 264 g/mol. The van der Waals surface area contributed by atoms with E-state index in [0.29, 0.717) is 0 Å². The number of aryl methyl sites for hydroxylation is 1. The molecule has 0 fully saturated rings. The van der Waals surface area contributed by atoms with Gasteiger partial charge in [0.25, 0.3) is 0 Å². The highest BCUT2D eigenvalue weighted by atomic mass is 16.3. The summed E-state index contributed by atoms with van der Waals surface area (Å²) in [5.41, 5.74) is 2.63. The predicted octanol–water partition coefficient (Wildman–Crippen LogP) is 3.24. The molecule has 2 aromatic carbocycles. The summed E-state index contributed by atoms with van der Waals surface area (Å²) < 4.78 is 0. The van der Waals surface area contributed by atoms with Crippen LogP contribution in [-0.4, -0.2) is 17.2 Å². The number of hydrogen-bond acceptors (Lipinski definition) is 2. The first-order chi connectivity index (χ1) is 10.1. The van der Waals surface area contributed by atoms with Crippen LogP contribution in [0.4, 0.5) is 10.5 Å². The molecule has 0 saturated carbocycles. The fourth-order valence-corrected chi connectivity index (χ4v) is 2.03.